The van der Waals surface area contributed by atoms with E-state index in [9.17, 15) is 4.79 Å². The lowest BCUT2D eigenvalue weighted by atomic mass is 9.98. The molecule has 1 saturated heterocycles. The lowest BCUT2D eigenvalue weighted by Gasteiger charge is -2.31. The molecule has 0 spiro atoms. The van der Waals surface area contributed by atoms with Crippen molar-refractivity contribution in [3.8, 4) is 0 Å². The summed E-state index contributed by atoms with van der Waals surface area (Å²) in [7, 11) is 0. The van der Waals surface area contributed by atoms with Gasteiger partial charge in [-0.25, -0.2) is 9.78 Å². The Morgan fingerprint density at radius 3 is 3.12 bits per heavy atom. The third-order valence-electron chi connectivity index (χ3n) is 4.96. The second-order valence-corrected chi connectivity index (χ2v) is 6.62. The first-order chi connectivity index (χ1) is 11.8. The summed E-state index contributed by atoms with van der Waals surface area (Å²) in [4.78, 5) is 21.9. The molecule has 1 atom stereocenters. The Morgan fingerprint density at radius 2 is 2.25 bits per heavy atom. The molecule has 126 valence electrons. The number of fused-ring (bicyclic) bond motifs is 1. The molecule has 0 bridgehead atoms. The van der Waals surface area contributed by atoms with E-state index in [1.54, 1.807) is 6.20 Å². The maximum Gasteiger partial charge on any atom is 0.317 e. The van der Waals surface area contributed by atoms with Crippen molar-refractivity contribution in [3.05, 3.63) is 53.1 Å². The monoisotopic (exact) mass is 325 g/mol. The summed E-state index contributed by atoms with van der Waals surface area (Å²) >= 11 is 0. The van der Waals surface area contributed by atoms with Crippen LogP contribution in [-0.2, 0) is 19.6 Å². The van der Waals surface area contributed by atoms with Crippen molar-refractivity contribution < 1.29 is 4.79 Å². The molecule has 6 heteroatoms. The lowest BCUT2D eigenvalue weighted by Crippen LogP contribution is -2.44. The second kappa shape index (κ2) is 6.65. The van der Waals surface area contributed by atoms with Crippen LogP contribution in [-0.4, -0.2) is 34.0 Å². The van der Waals surface area contributed by atoms with Crippen LogP contribution in [0.15, 0.2) is 30.6 Å². The molecule has 0 radical (unpaired) electrons. The van der Waals surface area contributed by atoms with Gasteiger partial charge in [0.2, 0.25) is 0 Å². The van der Waals surface area contributed by atoms with E-state index < -0.39 is 0 Å². The van der Waals surface area contributed by atoms with Crippen molar-refractivity contribution in [1.82, 2.24) is 25.5 Å². The van der Waals surface area contributed by atoms with Gasteiger partial charge in [-0.3, -0.25) is 0 Å². The highest BCUT2D eigenvalue weighted by molar-refractivity contribution is 5.74. The number of nitrogens with one attached hydrogen (secondary N) is 3. The minimum absolute atomic E-state index is 0.0184. The van der Waals surface area contributed by atoms with Crippen LogP contribution in [0.5, 0.6) is 0 Å². The summed E-state index contributed by atoms with van der Waals surface area (Å²) in [6.45, 7) is 4.00. The number of urea groups is 1. The molecule has 0 aliphatic carbocycles. The molecule has 2 aliphatic rings. The maximum atomic E-state index is 12.5. The van der Waals surface area contributed by atoms with Crippen LogP contribution < -0.4 is 10.6 Å². The molecule has 6 nitrogen and oxygen atoms in total. The first kappa shape index (κ1) is 15.2. The number of benzene rings is 1. The number of imidazole rings is 1. The van der Waals surface area contributed by atoms with E-state index in [4.69, 9.17) is 0 Å². The van der Waals surface area contributed by atoms with Gasteiger partial charge in [0, 0.05) is 51.0 Å². The molecule has 0 saturated carbocycles. The van der Waals surface area contributed by atoms with Gasteiger partial charge in [-0.15, -0.1) is 0 Å². The fraction of sp³-hybridized carbons (Fsp3) is 0.444. The summed E-state index contributed by atoms with van der Waals surface area (Å²) in [5.74, 6) is 1.30. The SMILES string of the molecule is O=C(NCc1ccc2c(c1)CNC2)N1CCCC(c2ncc[nH]2)C1. The zero-order valence-corrected chi connectivity index (χ0v) is 13.7. The van der Waals surface area contributed by atoms with Gasteiger partial charge in [0.25, 0.3) is 0 Å². The molecule has 4 rings (SSSR count). The van der Waals surface area contributed by atoms with Crippen molar-refractivity contribution in [2.45, 2.75) is 38.4 Å². The van der Waals surface area contributed by atoms with Gasteiger partial charge in [-0.1, -0.05) is 18.2 Å². The van der Waals surface area contributed by atoms with E-state index in [1.807, 2.05) is 11.1 Å². The Hall–Kier alpha value is -2.34. The van der Waals surface area contributed by atoms with Crippen LogP contribution in [0.25, 0.3) is 0 Å². The number of nitrogens with zero attached hydrogens (tertiary/aromatic N) is 2. The molecule has 24 heavy (non-hydrogen) atoms. The Morgan fingerprint density at radius 1 is 1.33 bits per heavy atom. The Kier molecular flexibility index (Phi) is 4.21. The van der Waals surface area contributed by atoms with Crippen LogP contribution in [0.2, 0.25) is 0 Å². The van der Waals surface area contributed by atoms with Crippen LogP contribution in [0.3, 0.4) is 0 Å². The maximum absolute atomic E-state index is 12.5. The van der Waals surface area contributed by atoms with Gasteiger partial charge < -0.3 is 20.5 Å². The number of carbonyl (C=O) groups excluding carboxylic acids is 1. The predicted molar refractivity (Wildman–Crippen MR) is 91.4 cm³/mol. The van der Waals surface area contributed by atoms with Gasteiger partial charge >= 0.3 is 6.03 Å². The second-order valence-electron chi connectivity index (χ2n) is 6.62. The van der Waals surface area contributed by atoms with Crippen molar-refractivity contribution in [2.24, 2.45) is 0 Å². The Bertz CT molecular complexity index is 712. The number of rotatable bonds is 3. The lowest BCUT2D eigenvalue weighted by molar-refractivity contribution is 0.178. The summed E-state index contributed by atoms with van der Waals surface area (Å²) in [6, 6.07) is 6.47. The first-order valence-electron chi connectivity index (χ1n) is 8.63. The van der Waals surface area contributed by atoms with Gasteiger partial charge in [-0.2, -0.15) is 0 Å². The number of carbonyl (C=O) groups is 1. The average molecular weight is 325 g/mol. The van der Waals surface area contributed by atoms with Crippen LogP contribution >= 0.6 is 0 Å². The summed E-state index contributed by atoms with van der Waals surface area (Å²) in [5.41, 5.74) is 3.87. The largest absolute Gasteiger partial charge is 0.348 e. The summed E-state index contributed by atoms with van der Waals surface area (Å²) in [5, 5.41) is 6.41. The zero-order chi connectivity index (χ0) is 16.4. The summed E-state index contributed by atoms with van der Waals surface area (Å²) in [6.07, 6.45) is 5.71. The predicted octanol–water partition coefficient (Wildman–Crippen LogP) is 2.10. The normalized spacial score (nSPS) is 20.0. The molecule has 1 aromatic carbocycles. The molecule has 3 heterocycles. The zero-order valence-electron chi connectivity index (χ0n) is 13.7. The van der Waals surface area contributed by atoms with Crippen molar-refractivity contribution in [1.29, 1.82) is 0 Å². The highest BCUT2D eigenvalue weighted by atomic mass is 16.2. The highest BCUT2D eigenvalue weighted by Crippen LogP contribution is 2.24. The van der Waals surface area contributed by atoms with E-state index in [1.165, 1.54) is 11.1 Å². The van der Waals surface area contributed by atoms with E-state index in [0.717, 1.165) is 50.4 Å². The third-order valence-corrected chi connectivity index (χ3v) is 4.96. The Labute approximate surface area is 141 Å². The van der Waals surface area contributed by atoms with Gasteiger partial charge in [0.15, 0.2) is 0 Å². The molecular formula is C18H23N5O. The first-order valence-corrected chi connectivity index (χ1v) is 8.63. The van der Waals surface area contributed by atoms with E-state index >= 15 is 0 Å². The number of piperidine rings is 1. The molecule has 2 aliphatic heterocycles. The smallest absolute Gasteiger partial charge is 0.317 e. The molecule has 1 aromatic heterocycles. The number of hydrogen-bond donors (Lipinski definition) is 3. The van der Waals surface area contributed by atoms with Gasteiger partial charge in [0.1, 0.15) is 5.82 Å². The topological polar surface area (TPSA) is 73.1 Å². The molecule has 2 amide bonds. The highest BCUT2D eigenvalue weighted by Gasteiger charge is 2.26. The van der Waals surface area contributed by atoms with Crippen molar-refractivity contribution >= 4 is 6.03 Å². The molecular weight excluding hydrogens is 302 g/mol. The fourth-order valence-electron chi connectivity index (χ4n) is 3.63. The average Bonchev–Trinajstić information content (AvgIpc) is 3.30. The van der Waals surface area contributed by atoms with Crippen LogP contribution in [0.1, 0.15) is 41.3 Å². The number of aromatic amines is 1. The molecule has 3 N–H and O–H groups in total. The minimum atomic E-state index is 0.0184. The minimum Gasteiger partial charge on any atom is -0.348 e. The molecule has 1 unspecified atom stereocenters. The number of H-pyrrole nitrogens is 1. The Balaban J connectivity index is 1.34. The quantitative estimate of drug-likeness (QED) is 0.809. The van der Waals surface area contributed by atoms with Crippen LogP contribution in [0, 0.1) is 0 Å². The standard InChI is InChI=1S/C18H23N5O/c24-18(22-9-13-3-4-14-10-19-11-16(14)8-13)23-7-1-2-15(12-23)17-20-5-6-21-17/h3-6,8,15,19H,1-2,7,9-12H2,(H,20,21)(H,22,24). The van der Waals surface area contributed by atoms with E-state index in [-0.39, 0.29) is 6.03 Å². The van der Waals surface area contributed by atoms with Gasteiger partial charge in [0.05, 0.1) is 0 Å². The van der Waals surface area contributed by atoms with Crippen molar-refractivity contribution in [3.63, 3.8) is 0 Å². The molecule has 2 aromatic rings. The molecule has 1 fully saturated rings. The fourth-order valence-corrected chi connectivity index (χ4v) is 3.63. The van der Waals surface area contributed by atoms with Crippen LogP contribution in [0.4, 0.5) is 4.79 Å². The van der Waals surface area contributed by atoms with Crippen molar-refractivity contribution in [2.75, 3.05) is 13.1 Å². The number of aromatic nitrogens is 2. The number of amides is 2. The number of likely N-dealkylation sites (tertiary alicyclic amines) is 1. The van der Waals surface area contributed by atoms with E-state index in [0.29, 0.717) is 12.5 Å². The summed E-state index contributed by atoms with van der Waals surface area (Å²) < 4.78 is 0. The van der Waals surface area contributed by atoms with E-state index in [2.05, 4.69) is 38.8 Å². The van der Waals surface area contributed by atoms with Gasteiger partial charge in [-0.05, 0) is 29.5 Å². The number of hydrogen-bond acceptors (Lipinski definition) is 3. The third kappa shape index (κ3) is 3.14.